The second-order valence-electron chi connectivity index (χ2n) is 8.14. The van der Waals surface area contributed by atoms with Crippen molar-refractivity contribution in [1.29, 1.82) is 0 Å². The van der Waals surface area contributed by atoms with E-state index in [4.69, 9.17) is 4.74 Å². The molecule has 0 aromatic heterocycles. The molecule has 0 radical (unpaired) electrons. The standard InChI is InChI=1S/C28H33NO2/c1-22(23(2)30)12-10-11-21-29-28(24-13-6-4-7-14-24,25-15-8-5-9-16-25)26-17-19-27(31-3)20-18-26/h4-9,13-20,22,29H,10-12,21H2,1-3H3. The average molecular weight is 416 g/mol. The van der Waals surface area contributed by atoms with Gasteiger partial charge in [0.1, 0.15) is 11.5 Å². The highest BCUT2D eigenvalue weighted by atomic mass is 16.5. The summed E-state index contributed by atoms with van der Waals surface area (Å²) in [6.45, 7) is 4.55. The SMILES string of the molecule is COc1ccc(C(NCCCCC(C)C(C)=O)(c2ccccc2)c2ccccc2)cc1. The Bertz CT molecular complexity index is 896. The predicted octanol–water partition coefficient (Wildman–Crippen LogP) is 5.97. The zero-order chi connectivity index (χ0) is 22.1. The number of carbonyl (C=O) groups is 1. The molecule has 0 amide bonds. The quantitative estimate of drug-likeness (QED) is 0.310. The van der Waals surface area contributed by atoms with Gasteiger partial charge in [0.05, 0.1) is 12.6 Å². The van der Waals surface area contributed by atoms with Crippen LogP contribution in [0.3, 0.4) is 0 Å². The van der Waals surface area contributed by atoms with E-state index < -0.39 is 5.54 Å². The van der Waals surface area contributed by atoms with Crippen LogP contribution in [0.15, 0.2) is 84.9 Å². The van der Waals surface area contributed by atoms with Gasteiger partial charge >= 0.3 is 0 Å². The van der Waals surface area contributed by atoms with Gasteiger partial charge in [-0.25, -0.2) is 0 Å². The average Bonchev–Trinajstić information content (AvgIpc) is 2.82. The molecule has 0 aliphatic heterocycles. The number of benzene rings is 3. The molecular formula is C28H33NO2. The Morgan fingerprint density at radius 1 is 0.839 bits per heavy atom. The van der Waals surface area contributed by atoms with E-state index in [-0.39, 0.29) is 11.7 Å². The molecule has 0 saturated carbocycles. The molecule has 0 aliphatic carbocycles. The molecule has 0 bridgehead atoms. The molecule has 1 N–H and O–H groups in total. The zero-order valence-electron chi connectivity index (χ0n) is 18.8. The van der Waals surface area contributed by atoms with Crippen LogP contribution >= 0.6 is 0 Å². The van der Waals surface area contributed by atoms with Crippen LogP contribution in [0.5, 0.6) is 5.75 Å². The molecule has 0 saturated heterocycles. The van der Waals surface area contributed by atoms with E-state index in [2.05, 4.69) is 78.1 Å². The third-order valence-corrected chi connectivity index (χ3v) is 6.08. The first kappa shape index (κ1) is 22.8. The summed E-state index contributed by atoms with van der Waals surface area (Å²) in [6, 6.07) is 29.5. The van der Waals surface area contributed by atoms with Gasteiger partial charge in [-0.05, 0) is 55.1 Å². The van der Waals surface area contributed by atoms with Crippen LogP contribution in [-0.4, -0.2) is 19.4 Å². The van der Waals surface area contributed by atoms with Gasteiger partial charge in [0.25, 0.3) is 0 Å². The van der Waals surface area contributed by atoms with E-state index in [1.54, 1.807) is 14.0 Å². The van der Waals surface area contributed by atoms with Crippen molar-refractivity contribution in [3.63, 3.8) is 0 Å². The topological polar surface area (TPSA) is 38.3 Å². The number of ketones is 1. The van der Waals surface area contributed by atoms with E-state index in [0.29, 0.717) is 0 Å². The molecule has 0 spiro atoms. The van der Waals surface area contributed by atoms with Gasteiger partial charge in [0.15, 0.2) is 0 Å². The third kappa shape index (κ3) is 5.42. The molecule has 162 valence electrons. The number of hydrogen-bond donors (Lipinski definition) is 1. The molecule has 3 aromatic rings. The third-order valence-electron chi connectivity index (χ3n) is 6.08. The minimum atomic E-state index is -0.471. The molecule has 3 rings (SSSR count). The van der Waals surface area contributed by atoms with Crippen LogP contribution in [0.2, 0.25) is 0 Å². The molecular weight excluding hydrogens is 382 g/mol. The minimum absolute atomic E-state index is 0.134. The summed E-state index contributed by atoms with van der Waals surface area (Å²) in [6.07, 6.45) is 2.97. The van der Waals surface area contributed by atoms with Crippen LogP contribution in [0, 0.1) is 5.92 Å². The van der Waals surface area contributed by atoms with Crippen molar-refractivity contribution in [2.24, 2.45) is 5.92 Å². The maximum Gasteiger partial charge on any atom is 0.132 e. The lowest BCUT2D eigenvalue weighted by Gasteiger charge is -2.37. The lowest BCUT2D eigenvalue weighted by atomic mass is 9.77. The van der Waals surface area contributed by atoms with Crippen LogP contribution in [0.25, 0.3) is 0 Å². The summed E-state index contributed by atoms with van der Waals surface area (Å²) in [5.41, 5.74) is 3.09. The number of rotatable bonds is 11. The van der Waals surface area contributed by atoms with Crippen molar-refractivity contribution in [1.82, 2.24) is 5.32 Å². The Morgan fingerprint density at radius 2 is 1.35 bits per heavy atom. The molecule has 0 fully saturated rings. The highest BCUT2D eigenvalue weighted by molar-refractivity contribution is 5.77. The predicted molar refractivity (Wildman–Crippen MR) is 127 cm³/mol. The molecule has 3 nitrogen and oxygen atoms in total. The second kappa shape index (κ2) is 10.9. The first-order chi connectivity index (χ1) is 15.1. The number of hydrogen-bond acceptors (Lipinski definition) is 3. The normalized spacial score (nSPS) is 12.4. The smallest absolute Gasteiger partial charge is 0.132 e. The molecule has 3 aromatic carbocycles. The molecule has 1 unspecified atom stereocenters. The Hall–Kier alpha value is -2.91. The number of methoxy groups -OCH3 is 1. The fourth-order valence-electron chi connectivity index (χ4n) is 4.08. The molecule has 1 atom stereocenters. The van der Waals surface area contributed by atoms with Gasteiger partial charge in [-0.1, -0.05) is 86.1 Å². The fraction of sp³-hybridized carbons (Fsp3) is 0.321. The Balaban J connectivity index is 1.96. The Morgan fingerprint density at radius 3 is 1.84 bits per heavy atom. The maximum atomic E-state index is 11.5. The van der Waals surface area contributed by atoms with Gasteiger partial charge in [0.2, 0.25) is 0 Å². The van der Waals surface area contributed by atoms with Crippen molar-refractivity contribution in [3.8, 4) is 5.75 Å². The monoisotopic (exact) mass is 415 g/mol. The van der Waals surface area contributed by atoms with Crippen molar-refractivity contribution >= 4 is 5.78 Å². The summed E-state index contributed by atoms with van der Waals surface area (Å²) in [7, 11) is 1.69. The van der Waals surface area contributed by atoms with Crippen molar-refractivity contribution in [3.05, 3.63) is 102 Å². The van der Waals surface area contributed by atoms with E-state index in [1.165, 1.54) is 16.7 Å². The highest BCUT2D eigenvalue weighted by Crippen LogP contribution is 2.37. The second-order valence-corrected chi connectivity index (χ2v) is 8.14. The van der Waals surface area contributed by atoms with Crippen LogP contribution in [0.4, 0.5) is 0 Å². The number of ether oxygens (including phenoxy) is 1. The number of Topliss-reactive ketones (excluding diaryl/α,β-unsaturated/α-hetero) is 1. The zero-order valence-corrected chi connectivity index (χ0v) is 18.8. The van der Waals surface area contributed by atoms with Crippen molar-refractivity contribution in [2.75, 3.05) is 13.7 Å². The lowest BCUT2D eigenvalue weighted by molar-refractivity contribution is -0.120. The highest BCUT2D eigenvalue weighted by Gasteiger charge is 2.35. The van der Waals surface area contributed by atoms with Gasteiger partial charge in [-0.2, -0.15) is 0 Å². The van der Waals surface area contributed by atoms with Gasteiger partial charge in [-0.3, -0.25) is 10.1 Å². The van der Waals surface area contributed by atoms with Crippen LogP contribution in [-0.2, 0) is 10.3 Å². The Labute approximate surface area is 186 Å². The fourth-order valence-corrected chi connectivity index (χ4v) is 4.08. The molecule has 31 heavy (non-hydrogen) atoms. The van der Waals surface area contributed by atoms with Crippen molar-refractivity contribution < 1.29 is 9.53 Å². The summed E-state index contributed by atoms with van der Waals surface area (Å²) in [5.74, 6) is 1.25. The van der Waals surface area contributed by atoms with E-state index >= 15 is 0 Å². The molecule has 0 heterocycles. The Kier molecular flexibility index (Phi) is 8.02. The van der Waals surface area contributed by atoms with Gasteiger partial charge in [-0.15, -0.1) is 0 Å². The summed E-state index contributed by atoms with van der Waals surface area (Å²) < 4.78 is 5.40. The van der Waals surface area contributed by atoms with E-state index in [9.17, 15) is 4.79 Å². The maximum absolute atomic E-state index is 11.5. The lowest BCUT2D eigenvalue weighted by Crippen LogP contribution is -2.45. The van der Waals surface area contributed by atoms with Gasteiger partial charge < -0.3 is 4.74 Å². The summed E-state index contributed by atoms with van der Waals surface area (Å²) in [4.78, 5) is 11.5. The molecule has 3 heteroatoms. The summed E-state index contributed by atoms with van der Waals surface area (Å²) in [5, 5.41) is 3.90. The van der Waals surface area contributed by atoms with E-state index in [0.717, 1.165) is 31.6 Å². The van der Waals surface area contributed by atoms with E-state index in [1.807, 2.05) is 19.1 Å². The molecule has 0 aliphatic rings. The number of carbonyl (C=O) groups excluding carboxylic acids is 1. The summed E-state index contributed by atoms with van der Waals surface area (Å²) >= 11 is 0. The number of nitrogens with one attached hydrogen (secondary N) is 1. The van der Waals surface area contributed by atoms with Gasteiger partial charge in [0, 0.05) is 5.92 Å². The van der Waals surface area contributed by atoms with Crippen LogP contribution < -0.4 is 10.1 Å². The minimum Gasteiger partial charge on any atom is -0.497 e. The number of unbranched alkanes of at least 4 members (excludes halogenated alkanes) is 1. The first-order valence-electron chi connectivity index (χ1n) is 11.1. The van der Waals surface area contributed by atoms with Crippen LogP contribution in [0.1, 0.15) is 49.8 Å². The van der Waals surface area contributed by atoms with Crippen molar-refractivity contribution in [2.45, 2.75) is 38.6 Å². The first-order valence-corrected chi connectivity index (χ1v) is 11.1. The largest absolute Gasteiger partial charge is 0.497 e.